The molecule has 4 nitrogen and oxygen atoms in total. The van der Waals surface area contributed by atoms with E-state index in [9.17, 15) is 4.79 Å². The monoisotopic (exact) mass is 276 g/mol. The summed E-state index contributed by atoms with van der Waals surface area (Å²) in [5, 5.41) is 6.97. The van der Waals surface area contributed by atoms with Crippen molar-refractivity contribution in [2.75, 3.05) is 12.8 Å². The second-order valence-corrected chi connectivity index (χ2v) is 4.93. The van der Waals surface area contributed by atoms with Gasteiger partial charge >= 0.3 is 0 Å². The first-order valence-electron chi connectivity index (χ1n) is 5.86. The van der Waals surface area contributed by atoms with Gasteiger partial charge in [-0.25, -0.2) is 0 Å². The Labute approximate surface area is 116 Å². The van der Waals surface area contributed by atoms with Gasteiger partial charge in [0.15, 0.2) is 5.75 Å². The zero-order chi connectivity index (χ0) is 13.8. The lowest BCUT2D eigenvalue weighted by atomic mass is 10.1. The van der Waals surface area contributed by atoms with E-state index in [1.807, 2.05) is 12.3 Å². The molecule has 0 saturated carbocycles. The molecule has 0 aliphatic heterocycles. The summed E-state index contributed by atoms with van der Waals surface area (Å²) in [6, 6.07) is 5.15. The molecule has 0 spiro atoms. The third-order valence-electron chi connectivity index (χ3n) is 2.90. The van der Waals surface area contributed by atoms with Gasteiger partial charge in [0.2, 0.25) is 0 Å². The van der Waals surface area contributed by atoms with E-state index in [1.54, 1.807) is 29.5 Å². The Morgan fingerprint density at radius 3 is 2.84 bits per heavy atom. The predicted molar refractivity (Wildman–Crippen MR) is 77.6 cm³/mol. The van der Waals surface area contributed by atoms with Crippen LogP contribution < -0.4 is 15.8 Å². The summed E-state index contributed by atoms with van der Waals surface area (Å²) >= 11 is 1.63. The largest absolute Gasteiger partial charge is 0.494 e. The van der Waals surface area contributed by atoms with Gasteiger partial charge in [-0.05, 0) is 40.9 Å². The van der Waals surface area contributed by atoms with Gasteiger partial charge in [0.1, 0.15) is 0 Å². The number of carbonyl (C=O) groups is 1. The summed E-state index contributed by atoms with van der Waals surface area (Å²) in [6.07, 6.45) is 0. The number of nitrogens with two attached hydrogens (primary N) is 1. The fourth-order valence-corrected chi connectivity index (χ4v) is 2.66. The van der Waals surface area contributed by atoms with E-state index in [0.717, 1.165) is 5.56 Å². The average molecular weight is 276 g/mol. The van der Waals surface area contributed by atoms with Crippen LogP contribution in [-0.4, -0.2) is 13.0 Å². The Morgan fingerprint density at radius 2 is 2.21 bits per heavy atom. The van der Waals surface area contributed by atoms with Crippen molar-refractivity contribution in [3.05, 3.63) is 45.6 Å². The highest BCUT2D eigenvalue weighted by Gasteiger charge is 2.14. The number of methoxy groups -OCH3 is 1. The fraction of sp³-hybridized carbons (Fsp3) is 0.214. The number of thiophene rings is 1. The zero-order valence-corrected chi connectivity index (χ0v) is 11.7. The molecule has 5 heteroatoms. The molecule has 2 aromatic rings. The molecule has 1 aromatic carbocycles. The number of aryl methyl sites for hydroxylation is 1. The van der Waals surface area contributed by atoms with Gasteiger partial charge in [-0.15, -0.1) is 0 Å². The number of amides is 1. The fourth-order valence-electron chi connectivity index (χ4n) is 1.80. The number of carbonyl (C=O) groups excluding carboxylic acids is 1. The van der Waals surface area contributed by atoms with E-state index >= 15 is 0 Å². The number of benzene rings is 1. The van der Waals surface area contributed by atoms with E-state index < -0.39 is 0 Å². The van der Waals surface area contributed by atoms with Crippen LogP contribution in [0, 0.1) is 6.92 Å². The number of para-hydroxylation sites is 1. The smallest absolute Gasteiger partial charge is 0.255 e. The first-order chi connectivity index (χ1) is 9.13. The van der Waals surface area contributed by atoms with Crippen LogP contribution in [0.3, 0.4) is 0 Å². The summed E-state index contributed by atoms with van der Waals surface area (Å²) in [6.45, 7) is 2.53. The van der Waals surface area contributed by atoms with Crippen molar-refractivity contribution in [1.29, 1.82) is 0 Å². The van der Waals surface area contributed by atoms with Crippen LogP contribution in [0.2, 0.25) is 0 Å². The van der Waals surface area contributed by atoms with Crippen LogP contribution in [0.25, 0.3) is 0 Å². The number of hydrogen-bond donors (Lipinski definition) is 2. The normalized spacial score (nSPS) is 10.2. The van der Waals surface area contributed by atoms with Crippen LogP contribution in [0.15, 0.2) is 29.0 Å². The summed E-state index contributed by atoms with van der Waals surface area (Å²) in [4.78, 5) is 12.1. The molecule has 0 saturated heterocycles. The molecular weight excluding hydrogens is 260 g/mol. The maximum atomic E-state index is 12.1. The summed E-state index contributed by atoms with van der Waals surface area (Å²) < 4.78 is 5.17. The van der Waals surface area contributed by atoms with Gasteiger partial charge in [0.25, 0.3) is 5.91 Å². The Balaban J connectivity index is 2.12. The molecule has 0 aliphatic rings. The first-order valence-corrected chi connectivity index (χ1v) is 6.80. The highest BCUT2D eigenvalue weighted by molar-refractivity contribution is 7.08. The third-order valence-corrected chi connectivity index (χ3v) is 3.81. The molecule has 0 aliphatic carbocycles. The van der Waals surface area contributed by atoms with Crippen molar-refractivity contribution in [2.45, 2.75) is 13.5 Å². The third kappa shape index (κ3) is 2.88. The maximum Gasteiger partial charge on any atom is 0.255 e. The molecule has 0 bridgehead atoms. The number of rotatable bonds is 4. The minimum absolute atomic E-state index is 0.185. The number of nitrogens with one attached hydrogen (secondary N) is 1. The second-order valence-electron chi connectivity index (χ2n) is 4.19. The average Bonchev–Trinajstić information content (AvgIpc) is 2.81. The van der Waals surface area contributed by atoms with Crippen LogP contribution in [-0.2, 0) is 6.54 Å². The van der Waals surface area contributed by atoms with E-state index in [1.165, 1.54) is 12.7 Å². The minimum atomic E-state index is -0.185. The van der Waals surface area contributed by atoms with Crippen molar-refractivity contribution in [2.24, 2.45) is 0 Å². The zero-order valence-electron chi connectivity index (χ0n) is 10.9. The van der Waals surface area contributed by atoms with Crippen LogP contribution in [0.1, 0.15) is 21.5 Å². The lowest BCUT2D eigenvalue weighted by Crippen LogP contribution is -2.23. The molecule has 0 atom stereocenters. The molecule has 1 aromatic heterocycles. The minimum Gasteiger partial charge on any atom is -0.494 e. The Morgan fingerprint density at radius 1 is 1.42 bits per heavy atom. The number of anilines is 1. The number of hydrogen-bond acceptors (Lipinski definition) is 4. The highest BCUT2D eigenvalue weighted by Crippen LogP contribution is 2.25. The van der Waals surface area contributed by atoms with Gasteiger partial charge in [-0.2, -0.15) is 11.3 Å². The lowest BCUT2D eigenvalue weighted by molar-refractivity contribution is 0.0948. The van der Waals surface area contributed by atoms with Crippen molar-refractivity contribution >= 4 is 22.9 Å². The maximum absolute atomic E-state index is 12.1. The van der Waals surface area contributed by atoms with Gasteiger partial charge in [-0.3, -0.25) is 4.79 Å². The lowest BCUT2D eigenvalue weighted by Gasteiger charge is -2.11. The number of ether oxygens (including phenoxy) is 1. The SMILES string of the molecule is COc1c(N)cccc1C(=O)NCc1cscc1C. The molecule has 19 heavy (non-hydrogen) atoms. The molecule has 100 valence electrons. The molecular formula is C14H16N2O2S. The van der Waals surface area contributed by atoms with Crippen molar-refractivity contribution in [1.82, 2.24) is 5.32 Å². The molecule has 1 heterocycles. The van der Waals surface area contributed by atoms with Crippen LogP contribution in [0.4, 0.5) is 5.69 Å². The van der Waals surface area contributed by atoms with Crippen molar-refractivity contribution in [3.8, 4) is 5.75 Å². The first kappa shape index (κ1) is 13.4. The van der Waals surface area contributed by atoms with E-state index in [-0.39, 0.29) is 5.91 Å². The van der Waals surface area contributed by atoms with Gasteiger partial charge in [0.05, 0.1) is 18.4 Å². The van der Waals surface area contributed by atoms with Crippen molar-refractivity contribution < 1.29 is 9.53 Å². The molecule has 1 amide bonds. The number of nitrogen functional groups attached to an aromatic ring is 1. The molecule has 3 N–H and O–H groups in total. The standard InChI is InChI=1S/C14H16N2O2S/c1-9-7-19-8-10(9)6-16-14(17)11-4-3-5-12(15)13(11)18-2/h3-5,7-8H,6,15H2,1-2H3,(H,16,17). The Hall–Kier alpha value is -2.01. The predicted octanol–water partition coefficient (Wildman–Crippen LogP) is 2.58. The van der Waals surface area contributed by atoms with E-state index in [0.29, 0.717) is 23.5 Å². The van der Waals surface area contributed by atoms with Crippen LogP contribution >= 0.6 is 11.3 Å². The Kier molecular flexibility index (Phi) is 4.06. The van der Waals surface area contributed by atoms with E-state index in [2.05, 4.69) is 10.7 Å². The topological polar surface area (TPSA) is 64.3 Å². The molecule has 0 unspecified atom stereocenters. The highest BCUT2D eigenvalue weighted by atomic mass is 32.1. The van der Waals surface area contributed by atoms with Crippen LogP contribution in [0.5, 0.6) is 5.75 Å². The summed E-state index contributed by atoms with van der Waals surface area (Å²) in [7, 11) is 1.51. The Bertz CT molecular complexity index is 593. The summed E-state index contributed by atoms with van der Waals surface area (Å²) in [5.74, 6) is 0.233. The van der Waals surface area contributed by atoms with Crippen molar-refractivity contribution in [3.63, 3.8) is 0 Å². The summed E-state index contributed by atoms with van der Waals surface area (Å²) in [5.41, 5.74) is 9.01. The second kappa shape index (κ2) is 5.75. The van der Waals surface area contributed by atoms with Gasteiger partial charge in [-0.1, -0.05) is 6.07 Å². The van der Waals surface area contributed by atoms with E-state index in [4.69, 9.17) is 10.5 Å². The quantitative estimate of drug-likeness (QED) is 0.844. The van der Waals surface area contributed by atoms with Gasteiger partial charge in [0, 0.05) is 6.54 Å². The van der Waals surface area contributed by atoms with Gasteiger partial charge < -0.3 is 15.8 Å². The molecule has 2 rings (SSSR count). The molecule has 0 fully saturated rings. The molecule has 0 radical (unpaired) electrons.